The lowest BCUT2D eigenvalue weighted by atomic mass is 9.81. The first-order chi connectivity index (χ1) is 13.8. The van der Waals surface area contributed by atoms with Crippen molar-refractivity contribution < 1.29 is 0 Å². The van der Waals surface area contributed by atoms with Gasteiger partial charge < -0.3 is 0 Å². The van der Waals surface area contributed by atoms with Crippen LogP contribution in [0.5, 0.6) is 0 Å². The highest BCUT2D eigenvalue weighted by Crippen LogP contribution is 2.43. The van der Waals surface area contributed by atoms with Crippen molar-refractivity contribution in [3.63, 3.8) is 0 Å². The molecule has 0 radical (unpaired) electrons. The van der Waals surface area contributed by atoms with Crippen LogP contribution in [0.1, 0.15) is 73.1 Å². The third-order valence-electron chi connectivity index (χ3n) is 6.23. The van der Waals surface area contributed by atoms with Crippen LogP contribution < -0.4 is 0 Å². The highest BCUT2D eigenvalue weighted by Gasteiger charge is 2.33. The molecule has 0 heterocycles. The highest BCUT2D eigenvalue weighted by molar-refractivity contribution is 6.28. The summed E-state index contributed by atoms with van der Waals surface area (Å²) in [6.45, 7) is 0. The van der Waals surface area contributed by atoms with Gasteiger partial charge in [0, 0.05) is 0 Å². The fourth-order valence-corrected chi connectivity index (χ4v) is 4.99. The van der Waals surface area contributed by atoms with Crippen LogP contribution in [0.2, 0.25) is 0 Å². The van der Waals surface area contributed by atoms with E-state index in [2.05, 4.69) is 72.8 Å². The first-order valence-electron chi connectivity index (χ1n) is 10.7. The molecule has 0 unspecified atom stereocenters. The van der Waals surface area contributed by atoms with Gasteiger partial charge in [0.2, 0.25) is 0 Å². The molecule has 0 N–H and O–H groups in total. The predicted octanol–water partition coefficient (Wildman–Crippen LogP) is 8.05. The molecule has 0 atom stereocenters. The Labute approximate surface area is 174 Å². The summed E-state index contributed by atoms with van der Waals surface area (Å²) in [5.41, 5.74) is 4.84. The van der Waals surface area contributed by atoms with Crippen LogP contribution in [0, 0.1) is 0 Å². The van der Waals surface area contributed by atoms with E-state index in [-0.39, 0.29) is 0 Å². The molecule has 0 spiro atoms. The van der Waals surface area contributed by atoms with E-state index in [4.69, 9.17) is 11.6 Å². The topological polar surface area (TPSA) is 0 Å². The third kappa shape index (κ3) is 4.03. The number of benzene rings is 3. The maximum absolute atomic E-state index is 7.40. The molecule has 3 aromatic rings. The van der Waals surface area contributed by atoms with Gasteiger partial charge in [0.1, 0.15) is 4.87 Å². The van der Waals surface area contributed by atoms with Crippen molar-refractivity contribution in [2.24, 2.45) is 0 Å². The molecule has 0 nitrogen and oxygen atoms in total. The molecule has 28 heavy (non-hydrogen) atoms. The minimum Gasteiger partial charge on any atom is -0.104 e. The molecule has 0 saturated heterocycles. The molecule has 1 aliphatic rings. The molecule has 1 saturated carbocycles. The Balaban J connectivity index is 1.69. The summed E-state index contributed by atoms with van der Waals surface area (Å²) in [7, 11) is 0. The Hall–Kier alpha value is -2.05. The largest absolute Gasteiger partial charge is 0.119 e. The third-order valence-corrected chi connectivity index (χ3v) is 6.88. The monoisotopic (exact) mass is 388 g/mol. The van der Waals surface area contributed by atoms with Gasteiger partial charge in [-0.05, 0) is 41.0 Å². The van der Waals surface area contributed by atoms with Crippen LogP contribution in [-0.2, 0) is 4.87 Å². The van der Waals surface area contributed by atoms with Crippen molar-refractivity contribution in [3.05, 3.63) is 107 Å². The van der Waals surface area contributed by atoms with E-state index in [0.29, 0.717) is 5.92 Å². The summed E-state index contributed by atoms with van der Waals surface area (Å²) in [5.74, 6) is 0.701. The zero-order chi connectivity index (χ0) is 19.2. The van der Waals surface area contributed by atoms with Crippen molar-refractivity contribution in [2.75, 3.05) is 0 Å². The zero-order valence-electron chi connectivity index (χ0n) is 16.5. The summed E-state index contributed by atoms with van der Waals surface area (Å²) >= 11 is 7.40. The summed E-state index contributed by atoms with van der Waals surface area (Å²) in [6, 6.07) is 30.0. The maximum Gasteiger partial charge on any atom is 0.119 e. The zero-order valence-corrected chi connectivity index (χ0v) is 17.2. The van der Waals surface area contributed by atoms with Gasteiger partial charge in [-0.3, -0.25) is 0 Å². The molecule has 0 amide bonds. The van der Waals surface area contributed by atoms with Crippen LogP contribution in [0.3, 0.4) is 0 Å². The first-order valence-corrected chi connectivity index (χ1v) is 11.1. The van der Waals surface area contributed by atoms with Gasteiger partial charge in [0.15, 0.2) is 0 Å². The second-order valence-corrected chi connectivity index (χ2v) is 8.62. The van der Waals surface area contributed by atoms with Gasteiger partial charge >= 0.3 is 0 Å². The van der Waals surface area contributed by atoms with Crippen LogP contribution in [0.15, 0.2) is 84.9 Å². The van der Waals surface area contributed by atoms with E-state index in [9.17, 15) is 0 Å². The summed E-state index contributed by atoms with van der Waals surface area (Å²) in [4.78, 5) is -0.665. The summed E-state index contributed by atoms with van der Waals surface area (Å²) in [5, 5.41) is 0. The van der Waals surface area contributed by atoms with Crippen LogP contribution in [-0.4, -0.2) is 0 Å². The standard InChI is InChI=1S/C27H29Cl/c28-27(24-14-8-4-9-15-24,25-16-10-5-11-17-25)26-20-18-23(19-21-26)22-12-6-2-1-3-7-13-22/h4-5,8-11,14-22H,1-3,6-7,12-13H2. The van der Waals surface area contributed by atoms with E-state index in [0.717, 1.165) is 16.7 Å². The summed E-state index contributed by atoms with van der Waals surface area (Å²) < 4.78 is 0. The Kier molecular flexibility index (Phi) is 6.17. The van der Waals surface area contributed by atoms with Gasteiger partial charge in [0.05, 0.1) is 0 Å². The molecular weight excluding hydrogens is 360 g/mol. The van der Waals surface area contributed by atoms with Crippen molar-refractivity contribution in [2.45, 2.75) is 55.7 Å². The van der Waals surface area contributed by atoms with Gasteiger partial charge in [-0.15, -0.1) is 11.6 Å². The molecule has 1 heteroatoms. The average Bonchev–Trinajstić information content (AvgIpc) is 2.74. The fourth-order valence-electron chi connectivity index (χ4n) is 4.61. The number of hydrogen-bond acceptors (Lipinski definition) is 0. The van der Waals surface area contributed by atoms with Gasteiger partial charge in [-0.2, -0.15) is 0 Å². The maximum atomic E-state index is 7.40. The Morgan fingerprint density at radius 1 is 0.536 bits per heavy atom. The van der Waals surface area contributed by atoms with E-state index < -0.39 is 4.87 Å². The molecule has 144 valence electrons. The quantitative estimate of drug-likeness (QED) is 0.313. The SMILES string of the molecule is ClC(c1ccccc1)(c1ccccc1)c1ccc(C2CCCCCCC2)cc1. The lowest BCUT2D eigenvalue weighted by molar-refractivity contribution is 0.455. The minimum absolute atomic E-state index is 0.665. The lowest BCUT2D eigenvalue weighted by Gasteiger charge is -2.30. The normalized spacial score (nSPS) is 16.3. The van der Waals surface area contributed by atoms with Crippen molar-refractivity contribution in [1.29, 1.82) is 0 Å². The van der Waals surface area contributed by atoms with Crippen molar-refractivity contribution in [3.8, 4) is 0 Å². The molecule has 0 aliphatic heterocycles. The minimum atomic E-state index is -0.665. The molecule has 4 rings (SSSR count). The molecule has 1 fully saturated rings. The lowest BCUT2D eigenvalue weighted by Crippen LogP contribution is -2.22. The summed E-state index contributed by atoms with van der Waals surface area (Å²) in [6.07, 6.45) is 9.56. The van der Waals surface area contributed by atoms with Crippen LogP contribution in [0.4, 0.5) is 0 Å². The van der Waals surface area contributed by atoms with Gasteiger partial charge in [-0.1, -0.05) is 117 Å². The first kappa shape index (κ1) is 19.3. The van der Waals surface area contributed by atoms with Gasteiger partial charge in [0.25, 0.3) is 0 Å². The van der Waals surface area contributed by atoms with Crippen LogP contribution in [0.25, 0.3) is 0 Å². The molecule has 1 aliphatic carbocycles. The smallest absolute Gasteiger partial charge is 0.104 e. The van der Waals surface area contributed by atoms with Crippen molar-refractivity contribution >= 4 is 11.6 Å². The molecule has 3 aromatic carbocycles. The number of halogens is 1. The predicted molar refractivity (Wildman–Crippen MR) is 120 cm³/mol. The highest BCUT2D eigenvalue weighted by atomic mass is 35.5. The average molecular weight is 389 g/mol. The second-order valence-electron chi connectivity index (χ2n) is 8.05. The van der Waals surface area contributed by atoms with Crippen molar-refractivity contribution in [1.82, 2.24) is 0 Å². The Morgan fingerprint density at radius 2 is 0.964 bits per heavy atom. The molecule has 0 bridgehead atoms. The number of hydrogen-bond donors (Lipinski definition) is 0. The molecular formula is C27H29Cl. The van der Waals surface area contributed by atoms with Gasteiger partial charge in [-0.25, -0.2) is 0 Å². The second kappa shape index (κ2) is 8.97. The number of alkyl halides is 1. The van der Waals surface area contributed by atoms with E-state index in [1.807, 2.05) is 12.1 Å². The van der Waals surface area contributed by atoms with E-state index in [1.165, 1.54) is 50.5 Å². The van der Waals surface area contributed by atoms with Crippen LogP contribution >= 0.6 is 11.6 Å². The Bertz CT molecular complexity index is 804. The molecule has 0 aromatic heterocycles. The number of rotatable bonds is 4. The fraction of sp³-hybridized carbons (Fsp3) is 0.333. The van der Waals surface area contributed by atoms with E-state index in [1.54, 1.807) is 0 Å². The van der Waals surface area contributed by atoms with E-state index >= 15 is 0 Å². The Morgan fingerprint density at radius 3 is 1.46 bits per heavy atom.